The van der Waals surface area contributed by atoms with Crippen LogP contribution in [0.1, 0.15) is 24.2 Å². The van der Waals surface area contributed by atoms with E-state index in [-0.39, 0.29) is 6.10 Å². The van der Waals surface area contributed by atoms with Gasteiger partial charge in [-0.15, -0.1) is 11.3 Å². The summed E-state index contributed by atoms with van der Waals surface area (Å²) in [5.74, 6) is 0.753. The summed E-state index contributed by atoms with van der Waals surface area (Å²) in [5, 5.41) is 2.12. The molecule has 1 fully saturated rings. The van der Waals surface area contributed by atoms with Gasteiger partial charge in [0.25, 0.3) is 0 Å². The highest BCUT2D eigenvalue weighted by molar-refractivity contribution is 7.07. The first kappa shape index (κ1) is 13.5. The van der Waals surface area contributed by atoms with Crippen LogP contribution in [0.25, 0.3) is 0 Å². The summed E-state index contributed by atoms with van der Waals surface area (Å²) in [6.07, 6.45) is 2.40. The molecule has 5 heteroatoms. The number of nitrogens with zero attached hydrogens (tertiary/aromatic N) is 3. The van der Waals surface area contributed by atoms with E-state index in [1.165, 1.54) is 5.69 Å². The first-order valence-corrected chi connectivity index (χ1v) is 7.93. The van der Waals surface area contributed by atoms with Crippen molar-refractivity contribution in [2.45, 2.75) is 32.4 Å². The normalized spacial score (nSPS) is 17.2. The highest BCUT2D eigenvalue weighted by Crippen LogP contribution is 2.19. The van der Waals surface area contributed by atoms with Crippen molar-refractivity contribution >= 4 is 11.3 Å². The first-order chi connectivity index (χ1) is 9.79. The molecule has 0 amide bonds. The Balaban J connectivity index is 1.48. The fourth-order valence-corrected chi connectivity index (χ4v) is 3.03. The number of piperidine rings is 1. The summed E-state index contributed by atoms with van der Waals surface area (Å²) in [6.45, 7) is 5.07. The highest BCUT2D eigenvalue weighted by atomic mass is 32.1. The summed E-state index contributed by atoms with van der Waals surface area (Å²) >= 11 is 1.66. The van der Waals surface area contributed by atoms with Crippen LogP contribution in [-0.4, -0.2) is 34.1 Å². The van der Waals surface area contributed by atoms with Crippen LogP contribution in [0.5, 0.6) is 5.88 Å². The van der Waals surface area contributed by atoms with E-state index in [1.54, 1.807) is 11.3 Å². The number of aromatic nitrogens is 2. The Hall–Kier alpha value is -1.46. The second-order valence-corrected chi connectivity index (χ2v) is 5.91. The molecular weight excluding hydrogens is 270 g/mol. The van der Waals surface area contributed by atoms with Gasteiger partial charge in [0.05, 0.1) is 11.2 Å². The molecule has 20 heavy (non-hydrogen) atoms. The number of hydrogen-bond acceptors (Lipinski definition) is 5. The molecule has 1 aliphatic heterocycles. The van der Waals surface area contributed by atoms with E-state index in [9.17, 15) is 0 Å². The fourth-order valence-electron chi connectivity index (χ4n) is 2.48. The zero-order chi connectivity index (χ0) is 13.8. The van der Waals surface area contributed by atoms with Gasteiger partial charge in [0.1, 0.15) is 6.10 Å². The molecule has 0 atom stereocenters. The molecule has 0 N–H and O–H groups in total. The number of hydrogen-bond donors (Lipinski definition) is 0. The van der Waals surface area contributed by atoms with Crippen molar-refractivity contribution < 1.29 is 4.74 Å². The minimum atomic E-state index is 0.288. The molecule has 3 heterocycles. The maximum Gasteiger partial charge on any atom is 0.213 e. The predicted octanol–water partition coefficient (Wildman–Crippen LogP) is 2.89. The van der Waals surface area contributed by atoms with Crippen molar-refractivity contribution in [1.29, 1.82) is 0 Å². The molecule has 0 bridgehead atoms. The van der Waals surface area contributed by atoms with E-state index in [0.29, 0.717) is 0 Å². The van der Waals surface area contributed by atoms with E-state index in [1.807, 2.05) is 30.6 Å². The predicted molar refractivity (Wildman–Crippen MR) is 80.0 cm³/mol. The van der Waals surface area contributed by atoms with E-state index >= 15 is 0 Å². The van der Waals surface area contributed by atoms with Gasteiger partial charge in [0.15, 0.2) is 0 Å². The van der Waals surface area contributed by atoms with Crippen molar-refractivity contribution in [2.75, 3.05) is 13.1 Å². The van der Waals surface area contributed by atoms with Crippen LogP contribution in [0.3, 0.4) is 0 Å². The maximum absolute atomic E-state index is 5.97. The third kappa shape index (κ3) is 3.55. The molecule has 0 aliphatic carbocycles. The average Bonchev–Trinajstić information content (AvgIpc) is 2.94. The van der Waals surface area contributed by atoms with Gasteiger partial charge in [0, 0.05) is 36.8 Å². The molecule has 0 radical (unpaired) electrons. The Morgan fingerprint density at radius 1 is 1.35 bits per heavy atom. The number of aryl methyl sites for hydroxylation is 1. The van der Waals surface area contributed by atoms with Crippen molar-refractivity contribution in [3.63, 3.8) is 0 Å². The zero-order valence-corrected chi connectivity index (χ0v) is 12.5. The lowest BCUT2D eigenvalue weighted by atomic mass is 10.1. The van der Waals surface area contributed by atoms with E-state index in [4.69, 9.17) is 4.74 Å². The molecule has 2 aromatic rings. The SMILES string of the molecule is Cc1cccc(OC2CCN(Cc3cscn3)CC2)n1. The van der Waals surface area contributed by atoms with Crippen LogP contribution in [0.15, 0.2) is 29.1 Å². The van der Waals surface area contributed by atoms with Crippen LogP contribution in [-0.2, 0) is 6.54 Å². The molecular formula is C15H19N3OS. The fraction of sp³-hybridized carbons (Fsp3) is 0.467. The molecule has 0 saturated carbocycles. The smallest absolute Gasteiger partial charge is 0.213 e. The third-order valence-electron chi connectivity index (χ3n) is 3.55. The second kappa shape index (κ2) is 6.33. The van der Waals surface area contributed by atoms with Crippen LogP contribution in [0, 0.1) is 6.92 Å². The quantitative estimate of drug-likeness (QED) is 0.867. The van der Waals surface area contributed by atoms with Crippen molar-refractivity contribution in [2.24, 2.45) is 0 Å². The Labute approximate surface area is 123 Å². The maximum atomic E-state index is 5.97. The summed E-state index contributed by atoms with van der Waals surface area (Å²) < 4.78 is 5.97. The van der Waals surface area contributed by atoms with Crippen LogP contribution >= 0.6 is 11.3 Å². The molecule has 0 unspecified atom stereocenters. The van der Waals surface area contributed by atoms with Crippen LogP contribution in [0.4, 0.5) is 0 Å². The number of rotatable bonds is 4. The minimum absolute atomic E-state index is 0.288. The molecule has 2 aromatic heterocycles. The molecule has 1 saturated heterocycles. The third-order valence-corrected chi connectivity index (χ3v) is 4.19. The summed E-state index contributed by atoms with van der Waals surface area (Å²) in [4.78, 5) is 11.2. The number of thiazole rings is 1. The van der Waals surface area contributed by atoms with Crippen LogP contribution < -0.4 is 4.74 Å². The monoisotopic (exact) mass is 289 g/mol. The highest BCUT2D eigenvalue weighted by Gasteiger charge is 2.21. The Kier molecular flexibility index (Phi) is 4.28. The van der Waals surface area contributed by atoms with E-state index in [0.717, 1.165) is 44.0 Å². The summed E-state index contributed by atoms with van der Waals surface area (Å²) in [5.41, 5.74) is 4.08. The van der Waals surface area contributed by atoms with E-state index < -0.39 is 0 Å². The number of pyridine rings is 1. The summed E-state index contributed by atoms with van der Waals surface area (Å²) in [7, 11) is 0. The number of ether oxygens (including phenoxy) is 1. The van der Waals surface area contributed by atoms with Crippen molar-refractivity contribution in [3.8, 4) is 5.88 Å². The average molecular weight is 289 g/mol. The summed E-state index contributed by atoms with van der Waals surface area (Å²) in [6, 6.07) is 5.92. The largest absolute Gasteiger partial charge is 0.474 e. The Bertz CT molecular complexity index is 536. The molecule has 106 valence electrons. The lowest BCUT2D eigenvalue weighted by Gasteiger charge is -2.31. The van der Waals surface area contributed by atoms with Gasteiger partial charge in [-0.05, 0) is 25.8 Å². The first-order valence-electron chi connectivity index (χ1n) is 6.99. The molecule has 4 nitrogen and oxygen atoms in total. The van der Waals surface area contributed by atoms with Gasteiger partial charge < -0.3 is 4.74 Å². The number of likely N-dealkylation sites (tertiary alicyclic amines) is 1. The Morgan fingerprint density at radius 3 is 2.90 bits per heavy atom. The van der Waals surface area contributed by atoms with Gasteiger partial charge >= 0.3 is 0 Å². The molecule has 0 aromatic carbocycles. The second-order valence-electron chi connectivity index (χ2n) is 5.19. The molecule has 3 rings (SSSR count). The lowest BCUT2D eigenvalue weighted by Crippen LogP contribution is -2.38. The zero-order valence-electron chi connectivity index (χ0n) is 11.7. The van der Waals surface area contributed by atoms with Gasteiger partial charge in [-0.1, -0.05) is 6.07 Å². The van der Waals surface area contributed by atoms with E-state index in [2.05, 4.69) is 20.2 Å². The lowest BCUT2D eigenvalue weighted by molar-refractivity contribution is 0.0926. The molecule has 0 spiro atoms. The Morgan fingerprint density at radius 2 is 2.20 bits per heavy atom. The molecule has 1 aliphatic rings. The van der Waals surface area contributed by atoms with Crippen LogP contribution in [0.2, 0.25) is 0 Å². The van der Waals surface area contributed by atoms with Gasteiger partial charge in [-0.2, -0.15) is 0 Å². The van der Waals surface area contributed by atoms with Crippen molar-refractivity contribution in [1.82, 2.24) is 14.9 Å². The minimum Gasteiger partial charge on any atom is -0.474 e. The standard InChI is InChI=1S/C15H19N3OS/c1-12-3-2-4-15(17-12)19-14-5-7-18(8-6-14)9-13-10-20-11-16-13/h2-4,10-11,14H,5-9H2,1H3. The van der Waals surface area contributed by atoms with Gasteiger partial charge in [-0.25, -0.2) is 9.97 Å². The van der Waals surface area contributed by atoms with Gasteiger partial charge in [0.2, 0.25) is 5.88 Å². The topological polar surface area (TPSA) is 38.2 Å². The van der Waals surface area contributed by atoms with Crippen molar-refractivity contribution in [3.05, 3.63) is 40.5 Å². The van der Waals surface area contributed by atoms with Gasteiger partial charge in [-0.3, -0.25) is 4.90 Å².